The fourth-order valence-corrected chi connectivity index (χ4v) is 3.81. The van der Waals surface area contributed by atoms with Gasteiger partial charge in [-0.1, -0.05) is 17.5 Å². The van der Waals surface area contributed by atoms with E-state index in [-0.39, 0.29) is 18.1 Å². The molecule has 31 heavy (non-hydrogen) atoms. The van der Waals surface area contributed by atoms with E-state index in [1.54, 1.807) is 17.0 Å². The first-order valence-corrected chi connectivity index (χ1v) is 9.89. The van der Waals surface area contributed by atoms with Crippen LogP contribution in [0.2, 0.25) is 5.02 Å². The van der Waals surface area contributed by atoms with Gasteiger partial charge in [0.15, 0.2) is 0 Å². The highest BCUT2D eigenvalue weighted by Gasteiger charge is 2.23. The molecule has 0 spiro atoms. The number of aliphatic hydroxyl groups excluding tert-OH is 1. The van der Waals surface area contributed by atoms with Crippen LogP contribution < -0.4 is 4.90 Å². The molecule has 6 nitrogen and oxygen atoms in total. The number of anilines is 1. The summed E-state index contributed by atoms with van der Waals surface area (Å²) in [5, 5.41) is 9.72. The van der Waals surface area contributed by atoms with E-state index >= 15 is 0 Å². The van der Waals surface area contributed by atoms with Crippen LogP contribution in [0.3, 0.4) is 0 Å². The Kier molecular flexibility index (Phi) is 5.98. The van der Waals surface area contributed by atoms with Crippen molar-refractivity contribution in [3.63, 3.8) is 0 Å². The molecule has 2 aromatic carbocycles. The first-order chi connectivity index (χ1) is 15.0. The molecule has 1 saturated heterocycles. The number of aliphatic hydroxyl groups is 1. The number of hydrogen-bond donors (Lipinski definition) is 1. The van der Waals surface area contributed by atoms with Gasteiger partial charge in [-0.05, 0) is 30.2 Å². The van der Waals surface area contributed by atoms with Crippen LogP contribution in [-0.2, 0) is 4.79 Å². The smallest absolute Gasteiger partial charge is 0.298 e. The van der Waals surface area contributed by atoms with E-state index in [1.807, 2.05) is 4.90 Å². The maximum absolute atomic E-state index is 14.3. The lowest BCUT2D eigenvalue weighted by molar-refractivity contribution is -0.125. The van der Waals surface area contributed by atoms with Gasteiger partial charge in [-0.25, -0.2) is 18.7 Å². The van der Waals surface area contributed by atoms with Crippen molar-refractivity contribution in [2.45, 2.75) is 0 Å². The molecule has 3 aromatic rings. The van der Waals surface area contributed by atoms with Crippen LogP contribution in [-0.4, -0.2) is 58.7 Å². The lowest BCUT2D eigenvalue weighted by Crippen LogP contribution is -2.48. The van der Waals surface area contributed by atoms with E-state index in [4.69, 9.17) is 16.7 Å². The monoisotopic (exact) mass is 442 g/mol. The van der Waals surface area contributed by atoms with Gasteiger partial charge in [-0.15, -0.1) is 0 Å². The highest BCUT2D eigenvalue weighted by molar-refractivity contribution is 6.34. The predicted octanol–water partition coefficient (Wildman–Crippen LogP) is 2.87. The lowest BCUT2D eigenvalue weighted by Gasteiger charge is -2.34. The van der Waals surface area contributed by atoms with E-state index in [2.05, 4.69) is 21.8 Å². The molecule has 0 aliphatic carbocycles. The van der Waals surface area contributed by atoms with E-state index in [1.165, 1.54) is 18.5 Å². The Bertz CT molecular complexity index is 1220. The fraction of sp³-hybridized carbons (Fsp3) is 0.227. The average molecular weight is 443 g/mol. The minimum atomic E-state index is -0.708. The van der Waals surface area contributed by atoms with E-state index in [0.29, 0.717) is 53.5 Å². The van der Waals surface area contributed by atoms with Crippen LogP contribution in [0, 0.1) is 23.5 Å². The van der Waals surface area contributed by atoms with Crippen molar-refractivity contribution in [3.8, 4) is 23.0 Å². The second-order valence-corrected chi connectivity index (χ2v) is 7.32. The Morgan fingerprint density at radius 1 is 1.10 bits per heavy atom. The van der Waals surface area contributed by atoms with Crippen LogP contribution in [0.25, 0.3) is 22.0 Å². The number of amides is 1. The number of aromatic nitrogens is 2. The van der Waals surface area contributed by atoms with Crippen molar-refractivity contribution in [1.82, 2.24) is 14.9 Å². The second kappa shape index (κ2) is 8.84. The standard InChI is InChI=1S/C22H17ClF2N4O2/c23-18-11-17-20(12-16(18)15-4-3-14(24)10-19(15)25)26-13-27-22(17)29-7-5-28(6-8-29)21(31)2-1-9-30/h3-4,10-13,30H,5-9H2. The van der Waals surface area contributed by atoms with Crippen molar-refractivity contribution in [3.05, 3.63) is 53.3 Å². The van der Waals surface area contributed by atoms with Crippen LogP contribution in [0.15, 0.2) is 36.7 Å². The number of rotatable bonds is 2. The number of benzene rings is 2. The van der Waals surface area contributed by atoms with Gasteiger partial charge < -0.3 is 14.9 Å². The predicted molar refractivity (Wildman–Crippen MR) is 114 cm³/mol. The molecule has 0 bridgehead atoms. The highest BCUT2D eigenvalue weighted by atomic mass is 35.5. The summed E-state index contributed by atoms with van der Waals surface area (Å²) in [6, 6.07) is 6.66. The molecule has 1 aliphatic heterocycles. The number of nitrogens with zero attached hydrogens (tertiary/aromatic N) is 4. The zero-order valence-corrected chi connectivity index (χ0v) is 17.0. The number of halogens is 3. The summed E-state index contributed by atoms with van der Waals surface area (Å²) in [6.07, 6.45) is 1.42. The van der Waals surface area contributed by atoms with Crippen LogP contribution in [0.5, 0.6) is 0 Å². The molecule has 1 aliphatic rings. The molecule has 0 unspecified atom stereocenters. The minimum Gasteiger partial charge on any atom is -0.384 e. The number of carbonyl (C=O) groups excluding carboxylic acids is 1. The molecule has 1 amide bonds. The molecule has 1 aromatic heterocycles. The minimum absolute atomic E-state index is 0.185. The van der Waals surface area contributed by atoms with Gasteiger partial charge in [-0.2, -0.15) is 0 Å². The van der Waals surface area contributed by atoms with E-state index < -0.39 is 11.6 Å². The van der Waals surface area contributed by atoms with Gasteiger partial charge in [0.25, 0.3) is 5.91 Å². The molecule has 158 valence electrons. The summed E-state index contributed by atoms with van der Waals surface area (Å²) >= 11 is 6.45. The zero-order valence-electron chi connectivity index (χ0n) is 16.3. The lowest BCUT2D eigenvalue weighted by atomic mass is 10.0. The first kappa shape index (κ1) is 21.0. The largest absolute Gasteiger partial charge is 0.384 e. The fourth-order valence-electron chi connectivity index (χ4n) is 3.54. The van der Waals surface area contributed by atoms with Gasteiger partial charge >= 0.3 is 0 Å². The summed E-state index contributed by atoms with van der Waals surface area (Å²) in [5.41, 5.74) is 1.17. The Balaban J connectivity index is 1.63. The summed E-state index contributed by atoms with van der Waals surface area (Å²) in [4.78, 5) is 24.3. The highest BCUT2D eigenvalue weighted by Crippen LogP contribution is 2.36. The Morgan fingerprint density at radius 2 is 1.87 bits per heavy atom. The molecular weight excluding hydrogens is 426 g/mol. The third kappa shape index (κ3) is 4.29. The summed E-state index contributed by atoms with van der Waals surface area (Å²) in [7, 11) is 0. The summed E-state index contributed by atoms with van der Waals surface area (Å²) in [5.74, 6) is 3.72. The van der Waals surface area contributed by atoms with Gasteiger partial charge in [0, 0.05) is 53.8 Å². The molecule has 2 heterocycles. The third-order valence-corrected chi connectivity index (χ3v) is 5.38. The molecule has 1 fully saturated rings. The quantitative estimate of drug-likeness (QED) is 0.618. The zero-order chi connectivity index (χ0) is 22.0. The second-order valence-electron chi connectivity index (χ2n) is 6.91. The van der Waals surface area contributed by atoms with Gasteiger partial charge in [0.05, 0.1) is 5.52 Å². The molecule has 1 N–H and O–H groups in total. The maximum atomic E-state index is 14.3. The maximum Gasteiger partial charge on any atom is 0.298 e. The van der Waals surface area contributed by atoms with E-state index in [9.17, 15) is 13.6 Å². The number of piperazine rings is 1. The first-order valence-electron chi connectivity index (χ1n) is 9.51. The topological polar surface area (TPSA) is 69.6 Å². The third-order valence-electron chi connectivity index (χ3n) is 5.07. The molecule has 4 rings (SSSR count). The summed E-state index contributed by atoms with van der Waals surface area (Å²) < 4.78 is 27.5. The summed E-state index contributed by atoms with van der Waals surface area (Å²) in [6.45, 7) is 1.62. The normalized spacial score (nSPS) is 13.8. The number of carbonyl (C=O) groups is 1. The average Bonchev–Trinajstić information content (AvgIpc) is 2.77. The van der Waals surface area contributed by atoms with Crippen molar-refractivity contribution >= 4 is 34.2 Å². The van der Waals surface area contributed by atoms with Crippen molar-refractivity contribution in [2.75, 3.05) is 37.7 Å². The molecule has 0 saturated carbocycles. The molecule has 0 atom stereocenters. The van der Waals surface area contributed by atoms with Crippen molar-refractivity contribution < 1.29 is 18.7 Å². The Hall–Kier alpha value is -3.28. The Morgan fingerprint density at radius 3 is 2.58 bits per heavy atom. The van der Waals surface area contributed by atoms with Crippen molar-refractivity contribution in [1.29, 1.82) is 0 Å². The number of hydrogen-bond acceptors (Lipinski definition) is 5. The van der Waals surface area contributed by atoms with E-state index in [0.717, 1.165) is 6.07 Å². The van der Waals surface area contributed by atoms with Crippen molar-refractivity contribution in [2.24, 2.45) is 0 Å². The molecule has 0 radical (unpaired) electrons. The SMILES string of the molecule is O=C(C#CCO)N1CCN(c2ncnc3cc(-c4ccc(F)cc4F)c(Cl)cc23)CC1. The number of fused-ring (bicyclic) bond motifs is 1. The van der Waals surface area contributed by atoms with Gasteiger partial charge in [0.2, 0.25) is 0 Å². The van der Waals surface area contributed by atoms with Crippen LogP contribution in [0.1, 0.15) is 0 Å². The van der Waals surface area contributed by atoms with Crippen LogP contribution >= 0.6 is 11.6 Å². The van der Waals surface area contributed by atoms with Gasteiger partial charge in [-0.3, -0.25) is 4.79 Å². The Labute approximate surface area is 182 Å². The van der Waals surface area contributed by atoms with Crippen LogP contribution in [0.4, 0.5) is 14.6 Å². The molecular formula is C22H17ClF2N4O2. The molecule has 9 heteroatoms. The van der Waals surface area contributed by atoms with Gasteiger partial charge in [0.1, 0.15) is 30.4 Å².